The minimum absolute atomic E-state index is 0.454. The molecule has 0 saturated carbocycles. The third kappa shape index (κ3) is 2.07. The highest BCUT2D eigenvalue weighted by molar-refractivity contribution is 7.18. The summed E-state index contributed by atoms with van der Waals surface area (Å²) in [5, 5.41) is 22.6. The second-order valence-corrected chi connectivity index (χ2v) is 5.77. The van der Waals surface area contributed by atoms with E-state index in [4.69, 9.17) is 4.52 Å². The Labute approximate surface area is 112 Å². The van der Waals surface area contributed by atoms with Gasteiger partial charge in [-0.3, -0.25) is 4.79 Å². The van der Waals surface area contributed by atoms with Gasteiger partial charge in [-0.25, -0.2) is 0 Å². The molecule has 0 spiro atoms. The number of carboxylic acids is 1. The van der Waals surface area contributed by atoms with E-state index in [1.54, 1.807) is 13.0 Å². The van der Waals surface area contributed by atoms with Crippen LogP contribution in [0.15, 0.2) is 16.9 Å². The van der Waals surface area contributed by atoms with E-state index < -0.39 is 11.4 Å². The molecule has 1 saturated heterocycles. The molecule has 19 heavy (non-hydrogen) atoms. The van der Waals surface area contributed by atoms with Crippen molar-refractivity contribution < 1.29 is 14.4 Å². The summed E-state index contributed by atoms with van der Waals surface area (Å²) in [7, 11) is 0. The standard InChI is InChI=1S/C11H12N4O3S/c1-11(9(16)17)3-4-15(6-11)10-13-12-8(19-10)7-2-5-18-14-7/h2,5H,3-4,6H2,1H3,(H,16,17). The number of hydrogen-bond acceptors (Lipinski definition) is 7. The molecule has 2 aromatic heterocycles. The summed E-state index contributed by atoms with van der Waals surface area (Å²) < 4.78 is 4.77. The first-order chi connectivity index (χ1) is 9.08. The van der Waals surface area contributed by atoms with E-state index in [1.807, 2.05) is 4.90 Å². The summed E-state index contributed by atoms with van der Waals surface area (Å²) in [6.45, 7) is 2.89. The molecule has 1 unspecified atom stereocenters. The summed E-state index contributed by atoms with van der Waals surface area (Å²) in [4.78, 5) is 13.2. The largest absolute Gasteiger partial charge is 0.481 e. The number of aromatic nitrogens is 3. The van der Waals surface area contributed by atoms with Crippen molar-refractivity contribution in [3.05, 3.63) is 12.3 Å². The first-order valence-electron chi connectivity index (χ1n) is 5.81. The van der Waals surface area contributed by atoms with Crippen LogP contribution in [0.5, 0.6) is 0 Å². The van der Waals surface area contributed by atoms with Crippen molar-refractivity contribution in [1.82, 2.24) is 15.4 Å². The van der Waals surface area contributed by atoms with Gasteiger partial charge >= 0.3 is 5.97 Å². The number of aliphatic carboxylic acids is 1. The molecule has 0 amide bonds. The van der Waals surface area contributed by atoms with Crippen LogP contribution in [0.25, 0.3) is 10.7 Å². The lowest BCUT2D eigenvalue weighted by atomic mass is 9.90. The fourth-order valence-corrected chi connectivity index (χ4v) is 2.90. The predicted octanol–water partition coefficient (Wildman–Crippen LogP) is 1.49. The average molecular weight is 280 g/mol. The van der Waals surface area contributed by atoms with Gasteiger partial charge in [0.25, 0.3) is 0 Å². The van der Waals surface area contributed by atoms with E-state index in [0.29, 0.717) is 30.2 Å². The van der Waals surface area contributed by atoms with Crippen LogP contribution in [0, 0.1) is 5.41 Å². The molecule has 1 aliphatic heterocycles. The molecule has 1 fully saturated rings. The fraction of sp³-hybridized carbons (Fsp3) is 0.455. The van der Waals surface area contributed by atoms with E-state index in [1.165, 1.54) is 17.6 Å². The monoisotopic (exact) mass is 280 g/mol. The Morgan fingerprint density at radius 3 is 3.05 bits per heavy atom. The van der Waals surface area contributed by atoms with E-state index in [2.05, 4.69) is 15.4 Å². The maximum absolute atomic E-state index is 11.2. The van der Waals surface area contributed by atoms with Crippen molar-refractivity contribution in [2.45, 2.75) is 13.3 Å². The zero-order chi connectivity index (χ0) is 13.5. The maximum atomic E-state index is 11.2. The number of anilines is 1. The highest BCUT2D eigenvalue weighted by Gasteiger charge is 2.41. The quantitative estimate of drug-likeness (QED) is 0.910. The highest BCUT2D eigenvalue weighted by Crippen LogP contribution is 2.36. The summed E-state index contributed by atoms with van der Waals surface area (Å²) >= 11 is 1.39. The van der Waals surface area contributed by atoms with Crippen LogP contribution in [0.2, 0.25) is 0 Å². The summed E-state index contributed by atoms with van der Waals surface area (Å²) in [5.41, 5.74) is -0.0661. The lowest BCUT2D eigenvalue weighted by molar-refractivity contribution is -0.146. The Morgan fingerprint density at radius 2 is 2.42 bits per heavy atom. The van der Waals surface area contributed by atoms with Crippen LogP contribution in [0.4, 0.5) is 5.13 Å². The molecule has 0 aromatic carbocycles. The Kier molecular flexibility index (Phi) is 2.74. The molecule has 0 bridgehead atoms. The van der Waals surface area contributed by atoms with Gasteiger partial charge in [0, 0.05) is 19.2 Å². The van der Waals surface area contributed by atoms with Gasteiger partial charge in [-0.2, -0.15) is 0 Å². The molecule has 3 rings (SSSR count). The third-order valence-electron chi connectivity index (χ3n) is 3.33. The zero-order valence-electron chi connectivity index (χ0n) is 10.2. The Balaban J connectivity index is 1.80. The highest BCUT2D eigenvalue weighted by atomic mass is 32.1. The van der Waals surface area contributed by atoms with Crippen LogP contribution in [-0.2, 0) is 4.79 Å². The van der Waals surface area contributed by atoms with Gasteiger partial charge in [0.1, 0.15) is 12.0 Å². The summed E-state index contributed by atoms with van der Waals surface area (Å²) in [6.07, 6.45) is 2.09. The first-order valence-corrected chi connectivity index (χ1v) is 6.63. The first kappa shape index (κ1) is 12.1. The molecule has 100 valence electrons. The van der Waals surface area contributed by atoms with Crippen molar-refractivity contribution in [3.8, 4) is 10.7 Å². The molecule has 8 heteroatoms. The van der Waals surface area contributed by atoms with Crippen molar-refractivity contribution in [1.29, 1.82) is 0 Å². The van der Waals surface area contributed by atoms with E-state index >= 15 is 0 Å². The number of carbonyl (C=O) groups is 1. The lowest BCUT2D eigenvalue weighted by Gasteiger charge is -2.18. The smallest absolute Gasteiger partial charge is 0.311 e. The third-order valence-corrected chi connectivity index (χ3v) is 4.34. The van der Waals surface area contributed by atoms with Gasteiger partial charge in [0.15, 0.2) is 5.01 Å². The molecule has 1 aliphatic rings. The van der Waals surface area contributed by atoms with Gasteiger partial charge in [0.05, 0.1) is 5.41 Å². The van der Waals surface area contributed by atoms with Crippen LogP contribution in [0.3, 0.4) is 0 Å². The molecule has 1 N–H and O–H groups in total. The van der Waals surface area contributed by atoms with Gasteiger partial charge in [-0.15, -0.1) is 10.2 Å². The van der Waals surface area contributed by atoms with Gasteiger partial charge in [-0.05, 0) is 13.3 Å². The van der Waals surface area contributed by atoms with Crippen molar-refractivity contribution in [2.24, 2.45) is 5.41 Å². The minimum atomic E-state index is -0.767. The zero-order valence-corrected chi connectivity index (χ0v) is 11.1. The van der Waals surface area contributed by atoms with E-state index in [0.717, 1.165) is 5.13 Å². The predicted molar refractivity (Wildman–Crippen MR) is 68.0 cm³/mol. The molecular weight excluding hydrogens is 268 g/mol. The number of rotatable bonds is 3. The average Bonchev–Trinajstić information content (AvgIpc) is 3.08. The number of carboxylic acid groups (broad SMARTS) is 1. The van der Waals surface area contributed by atoms with Crippen LogP contribution < -0.4 is 4.90 Å². The molecule has 0 aliphatic carbocycles. The normalized spacial score (nSPS) is 22.9. The number of nitrogens with zero attached hydrogens (tertiary/aromatic N) is 4. The van der Waals surface area contributed by atoms with Crippen LogP contribution >= 0.6 is 11.3 Å². The summed E-state index contributed by atoms with van der Waals surface area (Å²) in [5.74, 6) is -0.767. The molecule has 2 aromatic rings. The van der Waals surface area contributed by atoms with Crippen LogP contribution in [-0.4, -0.2) is 39.5 Å². The van der Waals surface area contributed by atoms with Gasteiger partial charge in [0.2, 0.25) is 5.13 Å². The van der Waals surface area contributed by atoms with E-state index in [-0.39, 0.29) is 0 Å². The SMILES string of the molecule is CC1(C(=O)O)CCN(c2nnc(-c3ccon3)s2)C1. The van der Waals surface area contributed by atoms with E-state index in [9.17, 15) is 9.90 Å². The minimum Gasteiger partial charge on any atom is -0.481 e. The second-order valence-electron chi connectivity index (χ2n) is 4.81. The molecule has 3 heterocycles. The Hall–Kier alpha value is -1.96. The molecule has 0 radical (unpaired) electrons. The van der Waals surface area contributed by atoms with Crippen molar-refractivity contribution in [2.75, 3.05) is 18.0 Å². The lowest BCUT2D eigenvalue weighted by Crippen LogP contribution is -2.31. The second kappa shape index (κ2) is 4.30. The number of hydrogen-bond donors (Lipinski definition) is 1. The Morgan fingerprint density at radius 1 is 1.58 bits per heavy atom. The fourth-order valence-electron chi connectivity index (χ4n) is 2.07. The maximum Gasteiger partial charge on any atom is 0.311 e. The van der Waals surface area contributed by atoms with Gasteiger partial charge in [-0.1, -0.05) is 16.5 Å². The van der Waals surface area contributed by atoms with Gasteiger partial charge < -0.3 is 14.5 Å². The van der Waals surface area contributed by atoms with Crippen molar-refractivity contribution >= 4 is 22.4 Å². The Bertz CT molecular complexity index is 597. The molecule has 1 atom stereocenters. The van der Waals surface area contributed by atoms with Crippen LogP contribution in [0.1, 0.15) is 13.3 Å². The summed E-state index contributed by atoms with van der Waals surface area (Å²) in [6, 6.07) is 1.72. The van der Waals surface area contributed by atoms with Crippen molar-refractivity contribution in [3.63, 3.8) is 0 Å². The molecule has 7 nitrogen and oxygen atoms in total. The molecular formula is C11H12N4O3S. The topological polar surface area (TPSA) is 92.3 Å².